The molecular weight excluding hydrogens is 290 g/mol. The first-order valence-electron chi connectivity index (χ1n) is 8.26. The molecule has 0 aliphatic heterocycles. The second kappa shape index (κ2) is 11.4. The van der Waals surface area contributed by atoms with E-state index in [-0.39, 0.29) is 11.8 Å². The molecular formula is C18H27N3O2. The third kappa shape index (κ3) is 9.45. The lowest BCUT2D eigenvalue weighted by molar-refractivity contribution is -0.116. The van der Waals surface area contributed by atoms with Gasteiger partial charge in [-0.05, 0) is 31.4 Å². The highest BCUT2D eigenvalue weighted by Gasteiger charge is 2.03. The van der Waals surface area contributed by atoms with Gasteiger partial charge in [-0.25, -0.2) is 4.98 Å². The Bertz CT molecular complexity index is 497. The average Bonchev–Trinajstić information content (AvgIpc) is 2.51. The minimum atomic E-state index is -0.168. The van der Waals surface area contributed by atoms with Crippen LogP contribution in [-0.4, -0.2) is 16.8 Å². The van der Waals surface area contributed by atoms with Gasteiger partial charge in [0, 0.05) is 13.3 Å². The fraction of sp³-hybridized carbons (Fsp3) is 0.500. The molecule has 0 bridgehead atoms. The zero-order chi connectivity index (χ0) is 16.9. The monoisotopic (exact) mass is 317 g/mol. The van der Waals surface area contributed by atoms with Crippen LogP contribution in [0.3, 0.4) is 0 Å². The second-order valence-corrected chi connectivity index (χ2v) is 5.61. The van der Waals surface area contributed by atoms with Crippen LogP contribution in [0.4, 0.5) is 11.5 Å². The topological polar surface area (TPSA) is 71.1 Å². The number of unbranched alkanes of at least 4 members (excludes halogenated alkanes) is 6. The van der Waals surface area contributed by atoms with Gasteiger partial charge in [-0.2, -0.15) is 0 Å². The predicted octanol–water partition coefficient (Wildman–Crippen LogP) is 4.29. The van der Waals surface area contributed by atoms with Crippen molar-refractivity contribution in [2.75, 3.05) is 10.6 Å². The van der Waals surface area contributed by atoms with Crippen molar-refractivity contribution in [2.24, 2.45) is 0 Å². The van der Waals surface area contributed by atoms with Crippen molar-refractivity contribution in [3.8, 4) is 0 Å². The maximum absolute atomic E-state index is 11.8. The highest BCUT2D eigenvalue weighted by Crippen LogP contribution is 2.12. The van der Waals surface area contributed by atoms with Crippen molar-refractivity contribution in [3.63, 3.8) is 0 Å². The number of amides is 2. The molecule has 23 heavy (non-hydrogen) atoms. The Morgan fingerprint density at radius 1 is 1.09 bits per heavy atom. The van der Waals surface area contributed by atoms with E-state index in [1.54, 1.807) is 18.3 Å². The molecule has 5 heteroatoms. The summed E-state index contributed by atoms with van der Waals surface area (Å²) in [4.78, 5) is 26.8. The van der Waals surface area contributed by atoms with Crippen molar-refractivity contribution in [1.82, 2.24) is 4.98 Å². The summed E-state index contributed by atoms with van der Waals surface area (Å²) < 4.78 is 0. The molecule has 0 saturated carbocycles. The lowest BCUT2D eigenvalue weighted by Crippen LogP contribution is -2.12. The van der Waals surface area contributed by atoms with Gasteiger partial charge in [0.25, 0.3) is 0 Å². The Morgan fingerprint density at radius 3 is 2.39 bits per heavy atom. The van der Waals surface area contributed by atoms with Crippen LogP contribution >= 0.6 is 0 Å². The van der Waals surface area contributed by atoms with Crippen LogP contribution in [0.1, 0.15) is 58.3 Å². The van der Waals surface area contributed by atoms with E-state index in [1.165, 1.54) is 32.6 Å². The Balaban J connectivity index is 2.14. The van der Waals surface area contributed by atoms with Crippen LogP contribution in [0.2, 0.25) is 0 Å². The first kappa shape index (κ1) is 18.9. The zero-order valence-corrected chi connectivity index (χ0v) is 13.9. The molecule has 1 heterocycles. The minimum absolute atomic E-state index is 0.00531. The fourth-order valence-corrected chi connectivity index (χ4v) is 2.23. The number of pyridine rings is 1. The summed E-state index contributed by atoms with van der Waals surface area (Å²) in [6, 6.07) is 3.40. The summed E-state index contributed by atoms with van der Waals surface area (Å²) in [5.41, 5.74) is 0.647. The summed E-state index contributed by atoms with van der Waals surface area (Å²) in [6.45, 7) is 5.14. The van der Waals surface area contributed by atoms with Gasteiger partial charge >= 0.3 is 0 Å². The molecule has 0 aliphatic rings. The van der Waals surface area contributed by atoms with E-state index < -0.39 is 0 Å². The van der Waals surface area contributed by atoms with E-state index in [2.05, 4.69) is 22.2 Å². The summed E-state index contributed by atoms with van der Waals surface area (Å²) in [5.74, 6) is 0.316. The van der Waals surface area contributed by atoms with E-state index in [1.807, 2.05) is 6.08 Å². The van der Waals surface area contributed by atoms with Gasteiger partial charge in [0.05, 0.1) is 11.9 Å². The number of rotatable bonds is 11. The van der Waals surface area contributed by atoms with E-state index in [9.17, 15) is 9.59 Å². The van der Waals surface area contributed by atoms with E-state index in [4.69, 9.17) is 0 Å². The van der Waals surface area contributed by atoms with Gasteiger partial charge in [-0.15, -0.1) is 6.58 Å². The van der Waals surface area contributed by atoms with Gasteiger partial charge < -0.3 is 10.6 Å². The molecule has 1 aromatic rings. The van der Waals surface area contributed by atoms with Crippen LogP contribution < -0.4 is 10.6 Å². The van der Waals surface area contributed by atoms with Crippen molar-refractivity contribution < 1.29 is 9.59 Å². The summed E-state index contributed by atoms with van der Waals surface area (Å²) in [7, 11) is 0. The lowest BCUT2D eigenvalue weighted by atomic mass is 10.1. The highest BCUT2D eigenvalue weighted by atomic mass is 16.2. The van der Waals surface area contributed by atoms with Crippen LogP contribution in [0.25, 0.3) is 0 Å². The van der Waals surface area contributed by atoms with Gasteiger partial charge in [0.1, 0.15) is 5.82 Å². The molecule has 2 amide bonds. The number of aromatic nitrogens is 1. The Kier molecular flexibility index (Phi) is 9.36. The molecule has 0 saturated heterocycles. The predicted molar refractivity (Wildman–Crippen MR) is 94.3 cm³/mol. The smallest absolute Gasteiger partial charge is 0.224 e. The quantitative estimate of drug-likeness (QED) is 0.472. The summed E-state index contributed by atoms with van der Waals surface area (Å²) in [5, 5.41) is 5.40. The normalized spacial score (nSPS) is 10.1. The highest BCUT2D eigenvalue weighted by molar-refractivity contribution is 5.91. The van der Waals surface area contributed by atoms with Crippen molar-refractivity contribution in [2.45, 2.75) is 58.3 Å². The van der Waals surface area contributed by atoms with Gasteiger partial charge in [0.2, 0.25) is 11.8 Å². The molecule has 0 aromatic carbocycles. The molecule has 0 unspecified atom stereocenters. The molecule has 0 radical (unpaired) electrons. The van der Waals surface area contributed by atoms with Crippen LogP contribution in [0.5, 0.6) is 0 Å². The number of nitrogens with one attached hydrogen (secondary N) is 2. The Hall–Kier alpha value is -2.17. The number of nitrogens with zero attached hydrogens (tertiary/aromatic N) is 1. The molecule has 2 N–H and O–H groups in total. The maximum Gasteiger partial charge on any atom is 0.224 e. The lowest BCUT2D eigenvalue weighted by Gasteiger charge is -2.06. The average molecular weight is 317 g/mol. The van der Waals surface area contributed by atoms with Crippen LogP contribution in [-0.2, 0) is 9.59 Å². The molecule has 0 atom stereocenters. The standard InChI is InChI=1S/C18H27N3O2/c1-3-4-5-6-7-8-9-10-11-18(23)21-16-12-13-17(19-14-16)20-15(2)22/h3,12-14H,1,4-11H2,2H3,(H,21,23)(H,19,20,22). The van der Waals surface area contributed by atoms with E-state index in [0.29, 0.717) is 17.9 Å². The van der Waals surface area contributed by atoms with E-state index >= 15 is 0 Å². The Morgan fingerprint density at radius 2 is 1.78 bits per heavy atom. The largest absolute Gasteiger partial charge is 0.325 e. The third-order valence-electron chi connectivity index (χ3n) is 3.41. The molecule has 5 nitrogen and oxygen atoms in total. The SMILES string of the molecule is C=CCCCCCCCCC(=O)Nc1ccc(NC(C)=O)nc1. The molecule has 1 rings (SSSR count). The summed E-state index contributed by atoms with van der Waals surface area (Å²) >= 11 is 0. The molecule has 0 aliphatic carbocycles. The number of anilines is 2. The number of hydrogen-bond donors (Lipinski definition) is 2. The first-order chi connectivity index (χ1) is 11.1. The third-order valence-corrected chi connectivity index (χ3v) is 3.41. The zero-order valence-electron chi connectivity index (χ0n) is 13.9. The maximum atomic E-state index is 11.8. The van der Waals surface area contributed by atoms with Gasteiger partial charge in [-0.1, -0.05) is 31.8 Å². The number of hydrogen-bond acceptors (Lipinski definition) is 3. The van der Waals surface area contributed by atoms with Crippen LogP contribution in [0.15, 0.2) is 31.0 Å². The first-order valence-corrected chi connectivity index (χ1v) is 8.26. The minimum Gasteiger partial charge on any atom is -0.325 e. The van der Waals surface area contributed by atoms with Crippen LogP contribution in [0, 0.1) is 0 Å². The Labute approximate surface area is 138 Å². The van der Waals surface area contributed by atoms with Crippen molar-refractivity contribution >= 4 is 23.3 Å². The summed E-state index contributed by atoms with van der Waals surface area (Å²) in [6.07, 6.45) is 12.0. The molecule has 0 spiro atoms. The number of allylic oxidation sites excluding steroid dienone is 1. The van der Waals surface area contributed by atoms with Gasteiger partial charge in [-0.3, -0.25) is 9.59 Å². The number of carbonyl (C=O) groups is 2. The second-order valence-electron chi connectivity index (χ2n) is 5.61. The fourth-order valence-electron chi connectivity index (χ4n) is 2.23. The number of carbonyl (C=O) groups excluding carboxylic acids is 2. The van der Waals surface area contributed by atoms with Crippen molar-refractivity contribution in [3.05, 3.63) is 31.0 Å². The molecule has 126 valence electrons. The van der Waals surface area contributed by atoms with E-state index in [0.717, 1.165) is 19.3 Å². The van der Waals surface area contributed by atoms with Crippen molar-refractivity contribution in [1.29, 1.82) is 0 Å². The molecule has 1 aromatic heterocycles. The molecule has 0 fully saturated rings. The van der Waals surface area contributed by atoms with Gasteiger partial charge in [0.15, 0.2) is 0 Å².